The second-order valence-electron chi connectivity index (χ2n) is 4.93. The molecular weight excluding hydrogens is 302 g/mol. The number of aromatic carboxylic acids is 1. The van der Waals surface area contributed by atoms with Gasteiger partial charge in [-0.3, -0.25) is 0 Å². The minimum Gasteiger partial charge on any atom is -0.478 e. The van der Waals surface area contributed by atoms with Crippen LogP contribution >= 0.6 is 11.6 Å². The number of carboxylic acids is 1. The highest BCUT2D eigenvalue weighted by atomic mass is 35.5. The molecule has 1 saturated carbocycles. The highest BCUT2D eigenvalue weighted by Gasteiger charge is 2.22. The van der Waals surface area contributed by atoms with Crippen LogP contribution in [0.25, 0.3) is 0 Å². The lowest BCUT2D eigenvalue weighted by Gasteiger charge is -2.09. The number of rotatable bonds is 7. The Morgan fingerprint density at radius 3 is 2.70 bits per heavy atom. The van der Waals surface area contributed by atoms with Crippen molar-refractivity contribution in [1.82, 2.24) is 4.72 Å². The van der Waals surface area contributed by atoms with Crippen LogP contribution in [-0.2, 0) is 10.0 Å². The first-order valence-corrected chi connectivity index (χ1v) is 8.29. The molecule has 0 aliphatic heterocycles. The van der Waals surface area contributed by atoms with E-state index in [-0.39, 0.29) is 15.5 Å². The smallest absolute Gasteiger partial charge is 0.335 e. The van der Waals surface area contributed by atoms with E-state index in [0.29, 0.717) is 6.54 Å². The number of hydrogen-bond donors (Lipinski definition) is 2. The van der Waals surface area contributed by atoms with E-state index in [4.69, 9.17) is 16.7 Å². The molecule has 7 heteroatoms. The van der Waals surface area contributed by atoms with E-state index in [9.17, 15) is 13.2 Å². The third-order valence-corrected chi connectivity index (χ3v) is 5.19. The second kappa shape index (κ2) is 6.11. The average Bonchev–Trinajstić information content (AvgIpc) is 3.18. The quantitative estimate of drug-likeness (QED) is 0.757. The zero-order valence-corrected chi connectivity index (χ0v) is 12.4. The van der Waals surface area contributed by atoms with Crippen LogP contribution in [0.15, 0.2) is 23.1 Å². The molecule has 1 aromatic rings. The van der Waals surface area contributed by atoms with Gasteiger partial charge in [-0.1, -0.05) is 24.4 Å². The molecule has 0 bridgehead atoms. The van der Waals surface area contributed by atoms with Gasteiger partial charge in [0.15, 0.2) is 0 Å². The van der Waals surface area contributed by atoms with Crippen LogP contribution in [0.2, 0.25) is 5.02 Å². The maximum atomic E-state index is 12.1. The van der Waals surface area contributed by atoms with Crippen molar-refractivity contribution in [1.29, 1.82) is 0 Å². The largest absolute Gasteiger partial charge is 0.478 e. The van der Waals surface area contributed by atoms with Gasteiger partial charge in [-0.2, -0.15) is 0 Å². The number of halogens is 1. The lowest BCUT2D eigenvalue weighted by Crippen LogP contribution is -2.25. The fourth-order valence-electron chi connectivity index (χ4n) is 1.92. The monoisotopic (exact) mass is 317 g/mol. The third-order valence-electron chi connectivity index (χ3n) is 3.25. The molecule has 0 atom stereocenters. The standard InChI is InChI=1S/C13H16ClNO4S/c14-11-6-5-10(13(16)17)8-12(11)20(18,19)15-7-1-2-9-3-4-9/h5-6,8-9,15H,1-4,7H2,(H,16,17). The number of benzene rings is 1. The number of hydrogen-bond acceptors (Lipinski definition) is 3. The van der Waals surface area contributed by atoms with Crippen LogP contribution < -0.4 is 4.72 Å². The van der Waals surface area contributed by atoms with Crippen molar-refractivity contribution in [2.24, 2.45) is 5.92 Å². The summed E-state index contributed by atoms with van der Waals surface area (Å²) in [5, 5.41) is 8.91. The zero-order valence-electron chi connectivity index (χ0n) is 10.8. The normalized spacial score (nSPS) is 15.2. The van der Waals surface area contributed by atoms with Crippen molar-refractivity contribution in [2.75, 3.05) is 6.54 Å². The van der Waals surface area contributed by atoms with Gasteiger partial charge in [0.2, 0.25) is 10.0 Å². The molecule has 0 spiro atoms. The Bertz CT molecular complexity index is 611. The van der Waals surface area contributed by atoms with Gasteiger partial charge in [0, 0.05) is 6.54 Å². The van der Waals surface area contributed by atoms with Crippen LogP contribution in [-0.4, -0.2) is 26.0 Å². The molecule has 1 aliphatic carbocycles. The van der Waals surface area contributed by atoms with Gasteiger partial charge in [-0.05, 0) is 37.0 Å². The van der Waals surface area contributed by atoms with Gasteiger partial charge < -0.3 is 5.11 Å². The Hall–Kier alpha value is -1.11. The minimum absolute atomic E-state index is 0.0182. The van der Waals surface area contributed by atoms with E-state index in [1.807, 2.05) is 0 Å². The maximum Gasteiger partial charge on any atom is 0.335 e. The number of nitrogens with one attached hydrogen (secondary N) is 1. The van der Waals surface area contributed by atoms with Gasteiger partial charge in [-0.25, -0.2) is 17.9 Å². The summed E-state index contributed by atoms with van der Waals surface area (Å²) < 4.78 is 26.7. The highest BCUT2D eigenvalue weighted by molar-refractivity contribution is 7.89. The van der Waals surface area contributed by atoms with Crippen LogP contribution in [0.4, 0.5) is 0 Å². The van der Waals surface area contributed by atoms with E-state index in [1.54, 1.807) is 0 Å². The highest BCUT2D eigenvalue weighted by Crippen LogP contribution is 2.33. The Balaban J connectivity index is 2.06. The van der Waals surface area contributed by atoms with Crippen molar-refractivity contribution < 1.29 is 18.3 Å². The fraction of sp³-hybridized carbons (Fsp3) is 0.462. The molecular formula is C13H16ClNO4S. The Labute approximate surface area is 123 Å². The molecule has 5 nitrogen and oxygen atoms in total. The lowest BCUT2D eigenvalue weighted by atomic mass is 10.2. The molecule has 0 radical (unpaired) electrons. The molecule has 1 fully saturated rings. The fourth-order valence-corrected chi connectivity index (χ4v) is 3.52. The first kappa shape index (κ1) is 15.3. The summed E-state index contributed by atoms with van der Waals surface area (Å²) in [6.07, 6.45) is 4.27. The molecule has 0 aromatic heterocycles. The molecule has 0 amide bonds. The van der Waals surface area contributed by atoms with E-state index >= 15 is 0 Å². The molecule has 0 saturated heterocycles. The lowest BCUT2D eigenvalue weighted by molar-refractivity contribution is 0.0696. The van der Waals surface area contributed by atoms with Crippen molar-refractivity contribution >= 4 is 27.6 Å². The third kappa shape index (κ3) is 3.94. The summed E-state index contributed by atoms with van der Waals surface area (Å²) in [6.45, 7) is 0.340. The maximum absolute atomic E-state index is 12.1. The van der Waals surface area contributed by atoms with Crippen molar-refractivity contribution in [3.8, 4) is 0 Å². The molecule has 110 valence electrons. The molecule has 2 rings (SSSR count). The molecule has 0 unspecified atom stereocenters. The summed E-state index contributed by atoms with van der Waals surface area (Å²) in [5.41, 5.74) is -0.104. The van der Waals surface area contributed by atoms with Crippen molar-refractivity contribution in [3.63, 3.8) is 0 Å². The predicted molar refractivity (Wildman–Crippen MR) is 75.6 cm³/mol. The minimum atomic E-state index is -3.77. The first-order valence-electron chi connectivity index (χ1n) is 6.42. The van der Waals surface area contributed by atoms with Crippen LogP contribution in [0.1, 0.15) is 36.0 Å². The average molecular weight is 318 g/mol. The van der Waals surface area contributed by atoms with Gasteiger partial charge in [-0.15, -0.1) is 0 Å². The number of carbonyl (C=O) groups is 1. The zero-order chi connectivity index (χ0) is 14.8. The number of sulfonamides is 1. The predicted octanol–water partition coefficient (Wildman–Crippen LogP) is 2.51. The van der Waals surface area contributed by atoms with Crippen molar-refractivity contribution in [3.05, 3.63) is 28.8 Å². The van der Waals surface area contributed by atoms with E-state index in [0.717, 1.165) is 24.8 Å². The van der Waals surface area contributed by atoms with Gasteiger partial charge in [0.05, 0.1) is 10.6 Å². The Morgan fingerprint density at radius 1 is 1.40 bits per heavy atom. The van der Waals surface area contributed by atoms with Crippen LogP contribution in [0.5, 0.6) is 0 Å². The summed E-state index contributed by atoms with van der Waals surface area (Å²) in [4.78, 5) is 10.7. The summed E-state index contributed by atoms with van der Waals surface area (Å²) in [7, 11) is -3.77. The van der Waals surface area contributed by atoms with E-state index in [1.165, 1.54) is 25.0 Å². The Morgan fingerprint density at radius 2 is 2.10 bits per heavy atom. The Kier molecular flexibility index (Phi) is 4.67. The second-order valence-corrected chi connectivity index (χ2v) is 7.08. The molecule has 1 aliphatic rings. The summed E-state index contributed by atoms with van der Waals surface area (Å²) in [6, 6.07) is 3.63. The summed E-state index contributed by atoms with van der Waals surface area (Å²) in [5.74, 6) is -0.440. The topological polar surface area (TPSA) is 83.5 Å². The van der Waals surface area contributed by atoms with Crippen molar-refractivity contribution in [2.45, 2.75) is 30.6 Å². The van der Waals surface area contributed by atoms with Gasteiger partial charge >= 0.3 is 5.97 Å². The molecule has 1 aromatic carbocycles. The van der Waals surface area contributed by atoms with Gasteiger partial charge in [0.1, 0.15) is 4.90 Å². The SMILES string of the molecule is O=C(O)c1ccc(Cl)c(S(=O)(=O)NCCCC2CC2)c1. The molecule has 2 N–H and O–H groups in total. The molecule has 20 heavy (non-hydrogen) atoms. The van der Waals surface area contributed by atoms with Crippen LogP contribution in [0, 0.1) is 5.92 Å². The summed E-state index contributed by atoms with van der Waals surface area (Å²) >= 11 is 5.85. The molecule has 0 heterocycles. The van der Waals surface area contributed by atoms with E-state index < -0.39 is 16.0 Å². The number of carboxylic acid groups (broad SMARTS) is 1. The van der Waals surface area contributed by atoms with Gasteiger partial charge in [0.25, 0.3) is 0 Å². The van der Waals surface area contributed by atoms with E-state index in [2.05, 4.69) is 4.72 Å². The van der Waals surface area contributed by atoms with Crippen LogP contribution in [0.3, 0.4) is 0 Å². The first-order chi connectivity index (χ1) is 9.40.